The molecule has 0 fully saturated rings. The van der Waals surface area contributed by atoms with Crippen molar-refractivity contribution in [3.05, 3.63) is 0 Å². The van der Waals surface area contributed by atoms with E-state index in [4.69, 9.17) is 23.2 Å². The third kappa shape index (κ3) is 7.15. The Labute approximate surface area is 68.2 Å². The zero-order valence-electron chi connectivity index (χ0n) is 4.40. The van der Waals surface area contributed by atoms with Crippen LogP contribution < -0.4 is 0 Å². The van der Waals surface area contributed by atoms with E-state index in [0.717, 1.165) is 18.2 Å². The van der Waals surface area contributed by atoms with Crippen molar-refractivity contribution in [2.24, 2.45) is 0 Å². The summed E-state index contributed by atoms with van der Waals surface area (Å²) in [6, 6.07) is 1.11. The van der Waals surface area contributed by atoms with E-state index in [9.17, 15) is 0 Å². The van der Waals surface area contributed by atoms with Gasteiger partial charge in [0.25, 0.3) is 0 Å². The first-order valence-electron chi connectivity index (χ1n) is 2.39. The molecule has 8 heavy (non-hydrogen) atoms. The summed E-state index contributed by atoms with van der Waals surface area (Å²) in [5.41, 5.74) is 0. The van der Waals surface area contributed by atoms with Gasteiger partial charge in [0.2, 0.25) is 0 Å². The second-order valence-electron chi connectivity index (χ2n) is 1.33. The number of hydrogen-bond acceptors (Lipinski definition) is 1. The molecule has 0 heterocycles. The molecule has 0 nitrogen and oxygen atoms in total. The summed E-state index contributed by atoms with van der Waals surface area (Å²) in [6.45, 7) is 0. The predicted octanol–water partition coefficient (Wildman–Crippen LogP) is 2.19. The van der Waals surface area contributed by atoms with E-state index in [1.807, 2.05) is 0 Å². The van der Waals surface area contributed by atoms with Crippen LogP contribution in [0.15, 0.2) is 0 Å². The lowest BCUT2D eigenvalue weighted by atomic mass is 10.6. The van der Waals surface area contributed by atoms with Crippen LogP contribution in [0.5, 0.6) is 0 Å². The van der Waals surface area contributed by atoms with Crippen molar-refractivity contribution in [1.82, 2.24) is 0 Å². The third-order valence-electron chi connectivity index (χ3n) is 0.634. The second-order valence-corrected chi connectivity index (χ2v) is 5.09. The van der Waals surface area contributed by atoms with E-state index >= 15 is 0 Å². The van der Waals surface area contributed by atoms with Crippen molar-refractivity contribution in [3.63, 3.8) is 0 Å². The van der Waals surface area contributed by atoms with Gasteiger partial charge >= 0.3 is 0 Å². The summed E-state index contributed by atoms with van der Waals surface area (Å²) >= 11 is 15.0. The molecular weight excluding hydrogens is 179 g/mol. The molecule has 0 N–H and O–H groups in total. The monoisotopic (exact) mass is 186 g/mol. The number of alkyl halides is 2. The van der Waals surface area contributed by atoms with Crippen molar-refractivity contribution in [1.29, 1.82) is 0 Å². The molecule has 0 rings (SSSR count). The van der Waals surface area contributed by atoms with Crippen molar-refractivity contribution in [3.8, 4) is 0 Å². The Bertz CT molecular complexity index is 51.3. The van der Waals surface area contributed by atoms with Crippen LogP contribution in [0.25, 0.3) is 0 Å². The molecule has 4 heteroatoms. The molecule has 0 aromatic heterocycles. The van der Waals surface area contributed by atoms with Crippen LogP contribution in [-0.2, 0) is 0 Å². The lowest BCUT2D eigenvalue weighted by Crippen LogP contribution is -2.00. The van der Waals surface area contributed by atoms with Gasteiger partial charge in [-0.2, -0.15) is 12.6 Å². The average molecular weight is 187 g/mol. The van der Waals surface area contributed by atoms with E-state index in [0.29, 0.717) is 9.52 Å². The quantitative estimate of drug-likeness (QED) is 0.296. The van der Waals surface area contributed by atoms with Gasteiger partial charge in [0, 0.05) is 0 Å². The van der Waals surface area contributed by atoms with E-state index in [1.54, 1.807) is 0 Å². The molecule has 0 aliphatic heterocycles. The molecule has 0 bridgehead atoms. The maximum absolute atomic E-state index is 5.47. The molecule has 48 valence electrons. The first-order valence-corrected chi connectivity index (χ1v) is 5.18. The molecule has 0 saturated carbocycles. The van der Waals surface area contributed by atoms with E-state index < -0.39 is 0 Å². The van der Waals surface area contributed by atoms with Gasteiger partial charge in [-0.3, -0.25) is 0 Å². The van der Waals surface area contributed by atoms with Crippen LogP contribution in [0.3, 0.4) is 0 Å². The number of thiol groups is 1. The Morgan fingerprint density at radius 2 is 2.12 bits per heavy atom. The summed E-state index contributed by atoms with van der Waals surface area (Å²) in [7, 11) is 0.677. The lowest BCUT2D eigenvalue weighted by Gasteiger charge is -1.94. The number of hydrogen-bond donors (Lipinski definition) is 1. The van der Waals surface area contributed by atoms with Gasteiger partial charge in [-0.05, 0) is 12.2 Å². The molecule has 0 unspecified atom stereocenters. The summed E-state index contributed by atoms with van der Waals surface area (Å²) in [5.74, 6) is 0.938. The first-order chi connectivity index (χ1) is 3.77. The second kappa shape index (κ2) is 6.27. The molecule has 0 aliphatic carbocycles. The van der Waals surface area contributed by atoms with Gasteiger partial charge in [0.05, 0.1) is 14.0 Å². The molecular formula is C4H8Cl2SSi. The third-order valence-corrected chi connectivity index (χ3v) is 2.83. The fourth-order valence-corrected chi connectivity index (χ4v) is 2.00. The van der Waals surface area contributed by atoms with Crippen LogP contribution in [-0.4, -0.2) is 19.7 Å². The Hall–Kier alpha value is 1.15. The van der Waals surface area contributed by atoms with Gasteiger partial charge < -0.3 is 0 Å². The van der Waals surface area contributed by atoms with Crippen molar-refractivity contribution in [2.75, 3.05) is 5.75 Å². The van der Waals surface area contributed by atoms with Crippen LogP contribution in [0.1, 0.15) is 6.42 Å². The molecule has 0 aromatic rings. The Morgan fingerprint density at radius 3 is 2.50 bits per heavy atom. The highest BCUT2D eigenvalue weighted by Gasteiger charge is 1.97. The van der Waals surface area contributed by atoms with Crippen molar-refractivity contribution >= 4 is 45.4 Å². The smallest absolute Gasteiger partial charge is 0.0929 e. The fourth-order valence-electron chi connectivity index (χ4n) is 0.290. The molecule has 0 atom stereocenters. The molecule has 0 aliphatic rings. The minimum Gasteiger partial charge on any atom is -0.179 e. The SMILES string of the molecule is SCCC[Si]C(Cl)Cl. The molecule has 2 radical (unpaired) electrons. The van der Waals surface area contributed by atoms with Gasteiger partial charge in [0.1, 0.15) is 0 Å². The summed E-state index contributed by atoms with van der Waals surface area (Å²) < 4.78 is -0.158. The van der Waals surface area contributed by atoms with Gasteiger partial charge in [0.15, 0.2) is 0 Å². The van der Waals surface area contributed by atoms with Crippen LogP contribution >= 0.6 is 35.8 Å². The zero-order valence-corrected chi connectivity index (χ0v) is 7.81. The fraction of sp³-hybridized carbons (Fsp3) is 1.00. The van der Waals surface area contributed by atoms with E-state index in [1.165, 1.54) is 0 Å². The van der Waals surface area contributed by atoms with E-state index in [-0.39, 0.29) is 4.46 Å². The van der Waals surface area contributed by atoms with Crippen LogP contribution in [0.2, 0.25) is 6.04 Å². The standard InChI is InChI=1S/C4H8Cl2SSi/c5-4(6)8-3-1-2-7/h4,7H,1-3H2. The highest BCUT2D eigenvalue weighted by molar-refractivity contribution is 7.80. The van der Waals surface area contributed by atoms with Gasteiger partial charge in [-0.1, -0.05) is 6.04 Å². The van der Waals surface area contributed by atoms with Gasteiger partial charge in [-0.25, -0.2) is 0 Å². The molecule has 0 saturated heterocycles. The number of halogens is 2. The maximum atomic E-state index is 5.47. The Balaban J connectivity index is 2.72. The van der Waals surface area contributed by atoms with Gasteiger partial charge in [-0.15, -0.1) is 23.2 Å². The molecule has 0 spiro atoms. The highest BCUT2D eigenvalue weighted by atomic mass is 35.5. The van der Waals surface area contributed by atoms with Crippen LogP contribution in [0, 0.1) is 0 Å². The normalized spacial score (nSPS) is 10.5. The topological polar surface area (TPSA) is 0 Å². The Kier molecular flexibility index (Phi) is 7.17. The summed E-state index contributed by atoms with van der Waals surface area (Å²) in [6.07, 6.45) is 1.12. The minimum atomic E-state index is -0.158. The molecule has 0 aromatic carbocycles. The summed E-state index contributed by atoms with van der Waals surface area (Å²) in [4.78, 5) is 0. The largest absolute Gasteiger partial charge is 0.179 e. The van der Waals surface area contributed by atoms with Crippen molar-refractivity contribution in [2.45, 2.75) is 16.9 Å². The summed E-state index contributed by atoms with van der Waals surface area (Å²) in [5, 5.41) is 0. The lowest BCUT2D eigenvalue weighted by molar-refractivity contribution is 1.09. The van der Waals surface area contributed by atoms with Crippen molar-refractivity contribution < 1.29 is 0 Å². The van der Waals surface area contributed by atoms with Crippen LogP contribution in [0.4, 0.5) is 0 Å². The first kappa shape index (κ1) is 9.15. The Morgan fingerprint density at radius 1 is 1.50 bits per heavy atom. The zero-order chi connectivity index (χ0) is 6.41. The minimum absolute atomic E-state index is 0.158. The predicted molar refractivity (Wildman–Crippen MR) is 44.5 cm³/mol. The highest BCUT2D eigenvalue weighted by Crippen LogP contribution is 2.03. The maximum Gasteiger partial charge on any atom is 0.0929 e. The molecule has 0 amide bonds. The van der Waals surface area contributed by atoms with E-state index in [2.05, 4.69) is 12.6 Å². The number of rotatable bonds is 4. The average Bonchev–Trinajstić information content (AvgIpc) is 1.66.